The fourth-order valence-corrected chi connectivity index (χ4v) is 6.02. The third-order valence-electron chi connectivity index (χ3n) is 8.72. The number of carbonyl (C=O) groups is 4. The van der Waals surface area contributed by atoms with E-state index in [1.54, 1.807) is 7.05 Å². The molecular formula is C35H50N6O6. The molecule has 1 aliphatic rings. The lowest BCUT2D eigenvalue weighted by Crippen LogP contribution is -2.56. The molecule has 2 aromatic rings. The van der Waals surface area contributed by atoms with Crippen molar-refractivity contribution in [3.8, 4) is 11.1 Å². The van der Waals surface area contributed by atoms with Crippen molar-refractivity contribution < 1.29 is 29.0 Å². The van der Waals surface area contributed by atoms with E-state index in [1.165, 1.54) is 16.8 Å². The zero-order valence-electron chi connectivity index (χ0n) is 28.0. The predicted octanol–water partition coefficient (Wildman–Crippen LogP) is 4.07. The van der Waals surface area contributed by atoms with Gasteiger partial charge < -0.3 is 31.5 Å². The van der Waals surface area contributed by atoms with Crippen molar-refractivity contribution in [2.75, 3.05) is 27.2 Å². The minimum Gasteiger partial charge on any atom is -0.480 e. The molecule has 0 unspecified atom stereocenters. The number of rotatable bonds is 18. The second kappa shape index (κ2) is 17.9. The summed E-state index contributed by atoms with van der Waals surface area (Å²) in [6.45, 7) is 4.30. The maximum absolute atomic E-state index is 14.0. The lowest BCUT2D eigenvalue weighted by molar-refractivity contribution is -0.146. The molecule has 3 rings (SSSR count). The van der Waals surface area contributed by atoms with Crippen LogP contribution in [0.1, 0.15) is 82.3 Å². The number of hydrogen-bond acceptors (Lipinski definition) is 6. The Hall–Kier alpha value is -4.61. The smallest absolute Gasteiger partial charge is 0.410 e. The molecule has 0 saturated heterocycles. The van der Waals surface area contributed by atoms with Gasteiger partial charge in [-0.05, 0) is 47.9 Å². The Bertz CT molecular complexity index is 1360. The maximum Gasteiger partial charge on any atom is 0.410 e. The summed E-state index contributed by atoms with van der Waals surface area (Å²) in [5, 5.41) is 12.4. The molecule has 6 N–H and O–H groups in total. The zero-order chi connectivity index (χ0) is 34.5. The van der Waals surface area contributed by atoms with E-state index >= 15 is 0 Å². The van der Waals surface area contributed by atoms with Crippen molar-refractivity contribution in [3.05, 3.63) is 59.7 Å². The largest absolute Gasteiger partial charge is 0.480 e. The normalized spacial score (nSPS) is 13.8. The number of aliphatic carboxylic acids is 1. The number of likely N-dealkylation sites (N-methyl/N-ethyl adjacent to an activating group) is 2. The van der Waals surface area contributed by atoms with Crippen LogP contribution in [0.4, 0.5) is 4.79 Å². The van der Waals surface area contributed by atoms with E-state index < -0.39 is 42.0 Å². The van der Waals surface area contributed by atoms with Crippen LogP contribution in [-0.4, -0.2) is 90.1 Å². The quantitative estimate of drug-likeness (QED) is 0.106. The first-order valence-electron chi connectivity index (χ1n) is 16.4. The zero-order valence-corrected chi connectivity index (χ0v) is 28.0. The molecule has 12 heteroatoms. The number of fused-ring (bicyclic) bond motifs is 3. The molecule has 0 radical (unpaired) electrons. The highest BCUT2D eigenvalue weighted by Gasteiger charge is 2.37. The molecule has 2 aromatic carbocycles. The Morgan fingerprint density at radius 2 is 1.40 bits per heavy atom. The minimum atomic E-state index is -1.19. The summed E-state index contributed by atoms with van der Waals surface area (Å²) >= 11 is 0. The van der Waals surface area contributed by atoms with Crippen LogP contribution in [0.5, 0.6) is 0 Å². The van der Waals surface area contributed by atoms with E-state index in [-0.39, 0.29) is 31.4 Å². The number of nitrogens with zero attached hydrogens (tertiary/aromatic N) is 3. The molecule has 47 heavy (non-hydrogen) atoms. The summed E-state index contributed by atoms with van der Waals surface area (Å²) < 4.78 is 5.85. The predicted molar refractivity (Wildman–Crippen MR) is 182 cm³/mol. The molecular weight excluding hydrogens is 600 g/mol. The topological polar surface area (TPSA) is 181 Å². The molecule has 0 aliphatic heterocycles. The van der Waals surface area contributed by atoms with E-state index in [0.717, 1.165) is 35.1 Å². The highest BCUT2D eigenvalue weighted by atomic mass is 16.6. The van der Waals surface area contributed by atoms with Crippen molar-refractivity contribution in [3.63, 3.8) is 0 Å². The molecule has 0 heterocycles. The molecule has 3 atom stereocenters. The van der Waals surface area contributed by atoms with Crippen LogP contribution in [-0.2, 0) is 19.1 Å². The van der Waals surface area contributed by atoms with Gasteiger partial charge in [0.2, 0.25) is 11.8 Å². The first kappa shape index (κ1) is 36.9. The summed E-state index contributed by atoms with van der Waals surface area (Å²) in [5.74, 6) is -2.40. The molecule has 0 saturated carbocycles. The summed E-state index contributed by atoms with van der Waals surface area (Å²) in [6, 6.07) is 13.2. The number of carboxylic acid groups (broad SMARTS) is 1. The Morgan fingerprint density at radius 1 is 0.851 bits per heavy atom. The number of benzene rings is 2. The molecule has 0 fully saturated rings. The third-order valence-corrected chi connectivity index (χ3v) is 8.72. The average molecular weight is 651 g/mol. The Balaban J connectivity index is 1.74. The van der Waals surface area contributed by atoms with E-state index in [2.05, 4.69) is 22.4 Å². The number of amides is 3. The number of nitrogens with two attached hydrogens (primary N) is 2. The standard InChI is InChI=1S/C35H50N6O6/c1-5-7-19-29(31(42)39-28(33(44)45)18-13-21-38-34(36)37)40(3)32(43)30(20-8-6-2)41(4)35(46)47-22-27-25-16-11-9-14-23(25)24-15-10-12-17-26(24)27/h9-12,14-17,27-30H,5-8,13,18-22H2,1-4H3,(H,39,42)(H,44,45)(H4,36,37,38)/t28-,29-,30-/m0/s1. The van der Waals surface area contributed by atoms with Crippen LogP contribution in [0.3, 0.4) is 0 Å². The van der Waals surface area contributed by atoms with Crippen molar-refractivity contribution in [1.29, 1.82) is 0 Å². The fraction of sp³-hybridized carbons (Fsp3) is 0.514. The Kier molecular flexibility index (Phi) is 14.0. The van der Waals surface area contributed by atoms with E-state index in [9.17, 15) is 24.3 Å². The first-order chi connectivity index (χ1) is 22.5. The van der Waals surface area contributed by atoms with Crippen molar-refractivity contribution in [1.82, 2.24) is 15.1 Å². The molecule has 0 bridgehead atoms. The van der Waals surface area contributed by atoms with Gasteiger partial charge in [0.05, 0.1) is 0 Å². The second-order valence-corrected chi connectivity index (χ2v) is 12.0. The number of aliphatic imine (C=N–C) groups is 1. The molecule has 12 nitrogen and oxygen atoms in total. The van der Waals surface area contributed by atoms with Crippen LogP contribution < -0.4 is 16.8 Å². The number of unbranched alkanes of at least 4 members (excludes halogenated alkanes) is 2. The lowest BCUT2D eigenvalue weighted by Gasteiger charge is -2.34. The van der Waals surface area contributed by atoms with Gasteiger partial charge in [-0.1, -0.05) is 88.1 Å². The van der Waals surface area contributed by atoms with Crippen LogP contribution >= 0.6 is 0 Å². The highest BCUT2D eigenvalue weighted by molar-refractivity contribution is 5.92. The average Bonchev–Trinajstić information content (AvgIpc) is 3.38. The SMILES string of the molecule is CCCC[C@@H](C(=O)N(C)[C@@H](CCCC)C(=O)N[C@@H](CCCN=C(N)N)C(=O)O)N(C)C(=O)OCC1c2ccccc2-c2ccccc21. The molecule has 3 amide bonds. The monoisotopic (exact) mass is 650 g/mol. The van der Waals surface area contributed by atoms with E-state index in [1.807, 2.05) is 50.2 Å². The van der Waals surface area contributed by atoms with Gasteiger partial charge in [0.1, 0.15) is 24.7 Å². The van der Waals surface area contributed by atoms with Gasteiger partial charge in [0.25, 0.3) is 0 Å². The van der Waals surface area contributed by atoms with Crippen molar-refractivity contribution in [2.45, 2.75) is 89.3 Å². The van der Waals surface area contributed by atoms with Crippen LogP contribution in [0.15, 0.2) is 53.5 Å². The Labute approximate surface area is 277 Å². The molecule has 256 valence electrons. The number of carbonyl (C=O) groups excluding carboxylic acids is 3. The number of ether oxygens (including phenoxy) is 1. The van der Waals surface area contributed by atoms with Gasteiger partial charge in [0, 0.05) is 26.6 Å². The first-order valence-corrected chi connectivity index (χ1v) is 16.4. The fourth-order valence-electron chi connectivity index (χ4n) is 6.02. The summed E-state index contributed by atoms with van der Waals surface area (Å²) in [7, 11) is 3.07. The van der Waals surface area contributed by atoms with Gasteiger partial charge in [-0.3, -0.25) is 19.5 Å². The van der Waals surface area contributed by atoms with E-state index in [0.29, 0.717) is 32.1 Å². The minimum absolute atomic E-state index is 0.0960. The third kappa shape index (κ3) is 9.69. The van der Waals surface area contributed by atoms with Gasteiger partial charge >= 0.3 is 12.1 Å². The number of guanidine groups is 1. The van der Waals surface area contributed by atoms with Crippen LogP contribution in [0.25, 0.3) is 11.1 Å². The van der Waals surface area contributed by atoms with Gasteiger partial charge in [-0.15, -0.1) is 0 Å². The van der Waals surface area contributed by atoms with Crippen LogP contribution in [0, 0.1) is 0 Å². The molecule has 1 aliphatic carbocycles. The highest BCUT2D eigenvalue weighted by Crippen LogP contribution is 2.44. The summed E-state index contributed by atoms with van der Waals surface area (Å²) in [6.07, 6.45) is 3.42. The maximum atomic E-state index is 14.0. The number of nitrogens with one attached hydrogen (secondary N) is 1. The lowest BCUT2D eigenvalue weighted by atomic mass is 9.98. The number of hydrogen-bond donors (Lipinski definition) is 4. The number of carboxylic acids is 1. The molecule has 0 spiro atoms. The molecule has 0 aromatic heterocycles. The second-order valence-electron chi connectivity index (χ2n) is 12.0. The van der Waals surface area contributed by atoms with Gasteiger partial charge in [-0.25, -0.2) is 9.59 Å². The summed E-state index contributed by atoms with van der Waals surface area (Å²) in [5.41, 5.74) is 15.1. The van der Waals surface area contributed by atoms with Crippen molar-refractivity contribution in [2.24, 2.45) is 16.5 Å². The van der Waals surface area contributed by atoms with Crippen molar-refractivity contribution >= 4 is 29.8 Å². The van der Waals surface area contributed by atoms with Crippen LogP contribution in [0.2, 0.25) is 0 Å². The summed E-state index contributed by atoms with van der Waals surface area (Å²) in [4.78, 5) is 59.5. The van der Waals surface area contributed by atoms with Gasteiger partial charge in [0.15, 0.2) is 5.96 Å². The Morgan fingerprint density at radius 3 is 1.94 bits per heavy atom. The van der Waals surface area contributed by atoms with E-state index in [4.69, 9.17) is 16.2 Å². The van der Waals surface area contributed by atoms with Gasteiger partial charge in [-0.2, -0.15) is 0 Å².